The molecule has 33 heavy (non-hydrogen) atoms. The Labute approximate surface area is 191 Å². The van der Waals surface area contributed by atoms with Crippen molar-refractivity contribution in [3.8, 4) is 16.8 Å². The van der Waals surface area contributed by atoms with Gasteiger partial charge in [0.05, 0.1) is 11.0 Å². The van der Waals surface area contributed by atoms with Crippen LogP contribution < -0.4 is 0 Å². The standard InChI is InChI=1S/C31H21NO/c1-20-9-2-5-14-27(20)32-28-15-6-3-10-23(28)24-18-17-21(19-29(24)32)22-12-8-13-26-25-11-4-7-16-30(25)33-31(22)26/h2-19H,1H3. The number of hydrogen-bond donors (Lipinski definition) is 0. The maximum atomic E-state index is 6.34. The van der Waals surface area contributed by atoms with Crippen molar-refractivity contribution in [2.45, 2.75) is 6.92 Å². The minimum atomic E-state index is 0.926. The number of hydrogen-bond acceptors (Lipinski definition) is 1. The molecule has 0 aliphatic carbocycles. The van der Waals surface area contributed by atoms with E-state index in [2.05, 4.69) is 109 Å². The molecule has 5 aromatic carbocycles. The van der Waals surface area contributed by atoms with Gasteiger partial charge in [0.1, 0.15) is 11.2 Å². The van der Waals surface area contributed by atoms with Gasteiger partial charge >= 0.3 is 0 Å². The van der Waals surface area contributed by atoms with Crippen LogP contribution in [-0.2, 0) is 0 Å². The van der Waals surface area contributed by atoms with Gasteiger partial charge in [0.2, 0.25) is 0 Å². The lowest BCUT2D eigenvalue weighted by Gasteiger charge is -2.11. The topological polar surface area (TPSA) is 18.1 Å². The summed E-state index contributed by atoms with van der Waals surface area (Å²) in [7, 11) is 0. The van der Waals surface area contributed by atoms with Crippen LogP contribution in [0.5, 0.6) is 0 Å². The third kappa shape index (κ3) is 2.61. The zero-order valence-corrected chi connectivity index (χ0v) is 18.2. The fourth-order valence-corrected chi connectivity index (χ4v) is 5.19. The van der Waals surface area contributed by atoms with Crippen molar-refractivity contribution in [3.05, 3.63) is 115 Å². The number of aromatic nitrogens is 1. The first-order valence-electron chi connectivity index (χ1n) is 11.3. The van der Waals surface area contributed by atoms with Gasteiger partial charge in [-0.15, -0.1) is 0 Å². The molecular formula is C31H21NO. The molecule has 0 N–H and O–H groups in total. The van der Waals surface area contributed by atoms with Gasteiger partial charge in [0, 0.05) is 32.8 Å². The Morgan fingerprint density at radius 1 is 0.576 bits per heavy atom. The van der Waals surface area contributed by atoms with Crippen LogP contribution in [0.25, 0.3) is 60.6 Å². The second-order valence-electron chi connectivity index (χ2n) is 8.65. The van der Waals surface area contributed by atoms with E-state index in [4.69, 9.17) is 4.42 Å². The lowest BCUT2D eigenvalue weighted by atomic mass is 10.0. The molecule has 0 aliphatic rings. The van der Waals surface area contributed by atoms with Crippen LogP contribution in [0.15, 0.2) is 114 Å². The largest absolute Gasteiger partial charge is 0.455 e. The summed E-state index contributed by atoms with van der Waals surface area (Å²) >= 11 is 0. The Balaban J connectivity index is 1.57. The molecule has 2 aromatic heterocycles. The first-order valence-corrected chi connectivity index (χ1v) is 11.3. The molecule has 2 nitrogen and oxygen atoms in total. The van der Waals surface area contributed by atoms with Crippen molar-refractivity contribution in [1.29, 1.82) is 0 Å². The predicted molar refractivity (Wildman–Crippen MR) is 138 cm³/mol. The lowest BCUT2D eigenvalue weighted by Crippen LogP contribution is -1.96. The normalized spacial score (nSPS) is 11.8. The summed E-state index contributed by atoms with van der Waals surface area (Å²) in [5.41, 5.74) is 9.04. The summed E-state index contributed by atoms with van der Waals surface area (Å²) in [6.07, 6.45) is 0. The molecule has 0 amide bonds. The van der Waals surface area contributed by atoms with Crippen LogP contribution in [0.4, 0.5) is 0 Å². The van der Waals surface area contributed by atoms with E-state index in [-0.39, 0.29) is 0 Å². The SMILES string of the molecule is Cc1ccccc1-n1c2ccccc2c2ccc(-c3cccc4c3oc3ccccc34)cc21. The summed E-state index contributed by atoms with van der Waals surface area (Å²) in [4.78, 5) is 0. The van der Waals surface area contributed by atoms with E-state index in [0.717, 1.165) is 33.1 Å². The fraction of sp³-hybridized carbons (Fsp3) is 0.0323. The van der Waals surface area contributed by atoms with E-state index in [9.17, 15) is 0 Å². The molecule has 0 bridgehead atoms. The van der Waals surface area contributed by atoms with Gasteiger partial charge in [-0.25, -0.2) is 0 Å². The van der Waals surface area contributed by atoms with Crippen LogP contribution in [0.2, 0.25) is 0 Å². The van der Waals surface area contributed by atoms with E-state index < -0.39 is 0 Å². The Hall–Kier alpha value is -4.30. The molecule has 0 fully saturated rings. The number of rotatable bonds is 2. The smallest absolute Gasteiger partial charge is 0.143 e. The van der Waals surface area contributed by atoms with E-state index in [1.54, 1.807) is 0 Å². The number of benzene rings is 5. The van der Waals surface area contributed by atoms with Crippen molar-refractivity contribution >= 4 is 43.7 Å². The van der Waals surface area contributed by atoms with Crippen LogP contribution in [0.1, 0.15) is 5.56 Å². The molecule has 0 aliphatic heterocycles. The van der Waals surface area contributed by atoms with Crippen LogP contribution in [0.3, 0.4) is 0 Å². The van der Waals surface area contributed by atoms with E-state index in [1.165, 1.54) is 33.1 Å². The van der Waals surface area contributed by atoms with Crippen molar-refractivity contribution < 1.29 is 4.42 Å². The second-order valence-corrected chi connectivity index (χ2v) is 8.65. The molecule has 0 unspecified atom stereocenters. The molecular weight excluding hydrogens is 402 g/mol. The molecule has 2 heterocycles. The number of fused-ring (bicyclic) bond motifs is 6. The van der Waals surface area contributed by atoms with E-state index in [0.29, 0.717) is 0 Å². The fourth-order valence-electron chi connectivity index (χ4n) is 5.19. The Morgan fingerprint density at radius 3 is 2.21 bits per heavy atom. The maximum Gasteiger partial charge on any atom is 0.143 e. The Kier molecular flexibility index (Phi) is 3.80. The molecule has 0 atom stereocenters. The molecule has 0 saturated heterocycles. The minimum absolute atomic E-state index is 0.926. The van der Waals surface area contributed by atoms with Gasteiger partial charge in [0.25, 0.3) is 0 Å². The maximum absolute atomic E-state index is 6.34. The van der Waals surface area contributed by atoms with E-state index >= 15 is 0 Å². The average molecular weight is 424 g/mol. The molecule has 156 valence electrons. The lowest BCUT2D eigenvalue weighted by molar-refractivity contribution is 0.670. The number of furan rings is 1. The minimum Gasteiger partial charge on any atom is -0.455 e. The monoisotopic (exact) mass is 423 g/mol. The summed E-state index contributed by atoms with van der Waals surface area (Å²) in [5.74, 6) is 0. The molecule has 7 rings (SSSR count). The van der Waals surface area contributed by atoms with Crippen molar-refractivity contribution in [2.75, 3.05) is 0 Å². The van der Waals surface area contributed by atoms with Crippen LogP contribution in [0, 0.1) is 6.92 Å². The van der Waals surface area contributed by atoms with Gasteiger partial charge < -0.3 is 8.98 Å². The van der Waals surface area contributed by atoms with E-state index in [1.807, 2.05) is 12.1 Å². The zero-order valence-electron chi connectivity index (χ0n) is 18.2. The van der Waals surface area contributed by atoms with Gasteiger partial charge in [-0.1, -0.05) is 84.9 Å². The highest BCUT2D eigenvalue weighted by atomic mass is 16.3. The molecule has 7 aromatic rings. The molecule has 0 saturated carbocycles. The predicted octanol–water partition coefficient (Wildman–Crippen LogP) is 8.66. The summed E-state index contributed by atoms with van der Waals surface area (Å²) in [6, 6.07) is 38.7. The van der Waals surface area contributed by atoms with Crippen molar-refractivity contribution in [3.63, 3.8) is 0 Å². The molecule has 0 spiro atoms. The summed E-state index contributed by atoms with van der Waals surface area (Å²) in [6.45, 7) is 2.18. The van der Waals surface area contributed by atoms with Gasteiger partial charge in [0.15, 0.2) is 0 Å². The van der Waals surface area contributed by atoms with Gasteiger partial charge in [-0.3, -0.25) is 0 Å². The second kappa shape index (κ2) is 6.85. The Morgan fingerprint density at radius 2 is 1.30 bits per heavy atom. The van der Waals surface area contributed by atoms with Crippen molar-refractivity contribution in [2.24, 2.45) is 0 Å². The third-order valence-electron chi connectivity index (χ3n) is 6.75. The highest BCUT2D eigenvalue weighted by Gasteiger charge is 2.16. The molecule has 0 radical (unpaired) electrons. The third-order valence-corrected chi connectivity index (χ3v) is 6.75. The quantitative estimate of drug-likeness (QED) is 0.272. The average Bonchev–Trinajstić information content (AvgIpc) is 3.40. The van der Waals surface area contributed by atoms with Gasteiger partial charge in [-0.2, -0.15) is 0 Å². The first kappa shape index (κ1) is 18.3. The Bertz CT molecular complexity index is 1830. The highest BCUT2D eigenvalue weighted by Crippen LogP contribution is 2.39. The number of aryl methyl sites for hydroxylation is 1. The number of nitrogens with zero attached hydrogens (tertiary/aromatic N) is 1. The summed E-state index contributed by atoms with van der Waals surface area (Å²) < 4.78 is 8.73. The first-order chi connectivity index (χ1) is 16.3. The zero-order chi connectivity index (χ0) is 21.9. The molecule has 2 heteroatoms. The number of para-hydroxylation sites is 4. The van der Waals surface area contributed by atoms with Crippen molar-refractivity contribution in [1.82, 2.24) is 4.57 Å². The highest BCUT2D eigenvalue weighted by molar-refractivity contribution is 6.12. The van der Waals surface area contributed by atoms with Crippen LogP contribution >= 0.6 is 0 Å². The van der Waals surface area contributed by atoms with Gasteiger partial charge in [-0.05, 0) is 42.3 Å². The van der Waals surface area contributed by atoms with Crippen LogP contribution in [-0.4, -0.2) is 4.57 Å². The summed E-state index contributed by atoms with van der Waals surface area (Å²) in [5, 5.41) is 4.84.